The Morgan fingerprint density at radius 3 is 2.68 bits per heavy atom. The van der Waals surface area contributed by atoms with Crippen LogP contribution in [-0.4, -0.2) is 49.6 Å². The molecule has 1 aliphatic carbocycles. The van der Waals surface area contributed by atoms with E-state index in [-0.39, 0.29) is 5.77 Å². The first-order chi connectivity index (χ1) is 9.22. The van der Waals surface area contributed by atoms with Gasteiger partial charge in [0.05, 0.1) is 0 Å². The van der Waals surface area contributed by atoms with Gasteiger partial charge in [-0.25, -0.2) is 0 Å². The van der Waals surface area contributed by atoms with Gasteiger partial charge in [-0.15, -0.1) is 0 Å². The average Bonchev–Trinajstić information content (AvgIpc) is 3.18. The van der Waals surface area contributed by atoms with E-state index in [0.29, 0.717) is 0 Å². The van der Waals surface area contributed by atoms with Crippen molar-refractivity contribution in [1.29, 1.82) is 0 Å². The summed E-state index contributed by atoms with van der Waals surface area (Å²) in [7, 11) is 5.42. The third-order valence-electron chi connectivity index (χ3n) is 4.72. The number of unbranched alkanes of at least 4 members (excludes halogenated alkanes) is 1. The molecule has 1 heterocycles. The second-order valence-electron chi connectivity index (χ2n) is 6.10. The number of rotatable bonds is 8. The van der Waals surface area contributed by atoms with Crippen LogP contribution in [-0.2, 0) is 4.74 Å². The molecule has 0 amide bonds. The van der Waals surface area contributed by atoms with Crippen LogP contribution in [0.2, 0.25) is 0 Å². The maximum absolute atomic E-state index is 9.26. The molecule has 1 radical (unpaired) electrons. The van der Waals surface area contributed by atoms with E-state index in [1.54, 1.807) is 0 Å². The molecule has 4 heteroatoms. The molecule has 2 fully saturated rings. The summed E-state index contributed by atoms with van der Waals surface area (Å²) >= 11 is 0. The fraction of sp³-hybridized carbons (Fsp3) is 0.933. The minimum absolute atomic E-state index is 0.00452. The van der Waals surface area contributed by atoms with Crippen LogP contribution in [0.15, 0.2) is 0 Å². The van der Waals surface area contributed by atoms with E-state index in [4.69, 9.17) is 12.2 Å². The van der Waals surface area contributed by atoms with Crippen molar-refractivity contribution in [2.75, 3.05) is 26.3 Å². The third kappa shape index (κ3) is 4.52. The number of likely N-dealkylation sites (tertiary alicyclic amines) is 1. The summed E-state index contributed by atoms with van der Waals surface area (Å²) in [4.78, 5) is 1.89. The Morgan fingerprint density at radius 1 is 1.32 bits per heavy atom. The zero-order chi connectivity index (χ0) is 13.7. The molecule has 1 saturated heterocycles. The molecule has 2 aliphatic rings. The summed E-state index contributed by atoms with van der Waals surface area (Å²) in [5.41, 5.74) is 0. The van der Waals surface area contributed by atoms with Crippen molar-refractivity contribution < 1.29 is 9.84 Å². The van der Waals surface area contributed by atoms with E-state index < -0.39 is 0 Å². The van der Waals surface area contributed by atoms with E-state index >= 15 is 0 Å². The van der Waals surface area contributed by atoms with Crippen molar-refractivity contribution >= 4 is 13.3 Å². The van der Waals surface area contributed by atoms with Gasteiger partial charge in [0.25, 0.3) is 0 Å². The van der Waals surface area contributed by atoms with E-state index in [9.17, 15) is 5.11 Å². The molecule has 2 atom stereocenters. The molecular formula is C15H27BNO2. The molecule has 0 spiro atoms. The van der Waals surface area contributed by atoms with Gasteiger partial charge >= 0.3 is 104 Å². The Kier molecular flexibility index (Phi) is 5.74. The Bertz CT molecular complexity index is 290. The standard InChI is InChI=1S/C15H27BNO2/c1-2-3-9-19-10-6-13-11-14(13)12-4-7-17(8-5-12)15(16)18/h12-14,18H,2-11H2,1H3. The molecular weight excluding hydrogens is 237 g/mol. The first-order valence-electron chi connectivity index (χ1n) is 7.86. The Labute approximate surface area is 118 Å². The van der Waals surface area contributed by atoms with Crippen LogP contribution < -0.4 is 0 Å². The van der Waals surface area contributed by atoms with Crippen molar-refractivity contribution in [3.63, 3.8) is 0 Å². The molecule has 0 aromatic carbocycles. The van der Waals surface area contributed by atoms with Gasteiger partial charge in [0.1, 0.15) is 0 Å². The molecule has 1 saturated carbocycles. The summed E-state index contributed by atoms with van der Waals surface area (Å²) in [5.74, 6) is 2.65. The topological polar surface area (TPSA) is 32.7 Å². The predicted molar refractivity (Wildman–Crippen MR) is 78.9 cm³/mol. The molecule has 1 aliphatic heterocycles. The quantitative estimate of drug-likeness (QED) is 0.538. The second kappa shape index (κ2) is 7.32. The molecule has 19 heavy (non-hydrogen) atoms. The Balaban J connectivity index is 1.55. The molecule has 0 bridgehead atoms. The van der Waals surface area contributed by atoms with E-state index in [1.165, 1.54) is 38.5 Å². The number of ether oxygens (including phenoxy) is 1. The normalized spacial score (nSPS) is 27.5. The Morgan fingerprint density at radius 2 is 2.05 bits per heavy atom. The van der Waals surface area contributed by atoms with Crippen molar-refractivity contribution in [3.8, 4) is 0 Å². The summed E-state index contributed by atoms with van der Waals surface area (Å²) in [6, 6.07) is 0. The van der Waals surface area contributed by atoms with Crippen LogP contribution in [0.5, 0.6) is 0 Å². The van der Waals surface area contributed by atoms with E-state index in [0.717, 1.165) is 44.1 Å². The number of piperidine rings is 1. The zero-order valence-electron chi connectivity index (χ0n) is 12.2. The SMILES string of the molecule is [B]=C(O)N1CCC(C2CC2CCOCCCC)CC1. The number of aliphatic hydroxyl groups is 1. The average molecular weight is 264 g/mol. The van der Waals surface area contributed by atoms with Crippen LogP contribution in [0.4, 0.5) is 0 Å². The molecule has 2 unspecified atom stereocenters. The predicted octanol–water partition coefficient (Wildman–Crippen LogP) is 2.17. The number of hydrogen-bond acceptors (Lipinski definition) is 3. The van der Waals surface area contributed by atoms with Gasteiger partial charge in [-0.05, 0) is 0 Å². The van der Waals surface area contributed by atoms with Gasteiger partial charge < -0.3 is 0 Å². The first-order valence-corrected chi connectivity index (χ1v) is 7.86. The molecule has 1 N–H and O–H groups in total. The molecule has 3 nitrogen and oxygen atoms in total. The number of nitrogens with zero attached hydrogens (tertiary/aromatic N) is 1. The monoisotopic (exact) mass is 264 g/mol. The molecule has 0 aromatic heterocycles. The number of hydrogen-bond donors (Lipinski definition) is 1. The maximum atomic E-state index is 9.26. The van der Waals surface area contributed by atoms with Crippen LogP contribution in [0, 0.1) is 17.8 Å². The van der Waals surface area contributed by atoms with Crippen LogP contribution in [0.3, 0.4) is 0 Å². The van der Waals surface area contributed by atoms with Gasteiger partial charge in [-0.1, -0.05) is 13.3 Å². The van der Waals surface area contributed by atoms with Crippen molar-refractivity contribution in [3.05, 3.63) is 0 Å². The summed E-state index contributed by atoms with van der Waals surface area (Å²) in [6.07, 6.45) is 7.39. The Hall–Kier alpha value is -0.505. The number of aliphatic hydroxyl groups excluding tert-OH is 1. The zero-order valence-corrected chi connectivity index (χ0v) is 12.2. The van der Waals surface area contributed by atoms with E-state index in [1.807, 2.05) is 4.90 Å². The van der Waals surface area contributed by atoms with Gasteiger partial charge in [-0.3, -0.25) is 0 Å². The molecule has 107 valence electrons. The summed E-state index contributed by atoms with van der Waals surface area (Å²) < 4.78 is 5.65. The van der Waals surface area contributed by atoms with Gasteiger partial charge in [-0.2, -0.15) is 0 Å². The van der Waals surface area contributed by atoms with Gasteiger partial charge in [0.2, 0.25) is 0 Å². The third-order valence-corrected chi connectivity index (χ3v) is 4.72. The van der Waals surface area contributed by atoms with Crippen LogP contribution in [0.25, 0.3) is 0 Å². The fourth-order valence-electron chi connectivity index (χ4n) is 3.32. The van der Waals surface area contributed by atoms with Crippen molar-refractivity contribution in [1.82, 2.24) is 4.90 Å². The van der Waals surface area contributed by atoms with Gasteiger partial charge in [0, 0.05) is 0 Å². The van der Waals surface area contributed by atoms with Crippen LogP contribution >= 0.6 is 0 Å². The van der Waals surface area contributed by atoms with Crippen molar-refractivity contribution in [2.24, 2.45) is 17.8 Å². The van der Waals surface area contributed by atoms with Gasteiger partial charge in [0.15, 0.2) is 0 Å². The fourth-order valence-corrected chi connectivity index (χ4v) is 3.32. The van der Waals surface area contributed by atoms with E-state index in [2.05, 4.69) is 6.92 Å². The van der Waals surface area contributed by atoms with Crippen molar-refractivity contribution in [2.45, 2.75) is 45.4 Å². The summed E-state index contributed by atoms with van der Waals surface area (Å²) in [6.45, 7) is 5.91. The first kappa shape index (κ1) is 14.9. The molecule has 2 rings (SSSR count). The second-order valence-corrected chi connectivity index (χ2v) is 6.10. The van der Waals surface area contributed by atoms with Crippen LogP contribution in [0.1, 0.15) is 45.4 Å². The molecule has 0 aromatic rings. The summed E-state index contributed by atoms with van der Waals surface area (Å²) in [5, 5.41) is 9.26. The minimum atomic E-state index is -0.00452.